The highest BCUT2D eigenvalue weighted by Gasteiger charge is 2.36. The Morgan fingerprint density at radius 2 is 2.00 bits per heavy atom. The maximum atomic E-state index is 13.3. The molecular weight excluding hydrogens is 436 g/mol. The van der Waals surface area contributed by atoms with Crippen molar-refractivity contribution in [2.75, 3.05) is 13.7 Å². The van der Waals surface area contributed by atoms with Gasteiger partial charge in [-0.15, -0.1) is 0 Å². The van der Waals surface area contributed by atoms with Crippen molar-refractivity contribution in [1.82, 2.24) is 20.2 Å². The number of hydrogen-bond acceptors (Lipinski definition) is 4. The molecule has 0 saturated carbocycles. The Balaban J connectivity index is 1.83. The fourth-order valence-electron chi connectivity index (χ4n) is 3.63. The van der Waals surface area contributed by atoms with Crippen molar-refractivity contribution in [3.8, 4) is 11.3 Å². The van der Waals surface area contributed by atoms with Crippen LogP contribution in [0, 0.1) is 5.92 Å². The zero-order valence-electron chi connectivity index (χ0n) is 16.9. The van der Waals surface area contributed by atoms with Crippen LogP contribution in [0.15, 0.2) is 34.9 Å². The van der Waals surface area contributed by atoms with Gasteiger partial charge in [0, 0.05) is 22.8 Å². The molecular formula is C21H27BrN4O3. The molecule has 2 atom stereocenters. The van der Waals surface area contributed by atoms with Crippen LogP contribution in [-0.2, 0) is 9.53 Å². The first-order chi connectivity index (χ1) is 13.9. The van der Waals surface area contributed by atoms with Crippen molar-refractivity contribution in [2.24, 2.45) is 5.92 Å². The zero-order valence-corrected chi connectivity index (χ0v) is 18.5. The minimum atomic E-state index is -0.635. The molecule has 0 spiro atoms. The van der Waals surface area contributed by atoms with Crippen LogP contribution in [0.4, 0.5) is 4.79 Å². The summed E-state index contributed by atoms with van der Waals surface area (Å²) in [5.74, 6) is 0.618. The van der Waals surface area contributed by atoms with Gasteiger partial charge in [-0.25, -0.2) is 9.78 Å². The monoisotopic (exact) mass is 462 g/mol. The average molecular weight is 463 g/mol. The second-order valence-electron chi connectivity index (χ2n) is 7.58. The number of aromatic nitrogens is 2. The normalized spacial score (nSPS) is 17.8. The molecule has 8 heteroatoms. The number of nitrogens with zero attached hydrogens (tertiary/aromatic N) is 2. The summed E-state index contributed by atoms with van der Waals surface area (Å²) in [6.07, 6.45) is 4.08. The molecule has 3 rings (SSSR count). The van der Waals surface area contributed by atoms with Gasteiger partial charge in [-0.05, 0) is 37.3 Å². The molecule has 2 aromatic rings. The fraction of sp³-hybridized carbons (Fsp3) is 0.476. The standard InChI is InChI=1S/C21H27BrN4O3/c1-13(2)18(25-21(28)29-3)20(27)26-11-5-4-6-17(26)19-23-12-16(24-19)14-7-9-15(22)10-8-14/h7-10,12-13,17-18H,4-6,11H2,1-3H3,(H,23,24)(H,25,28). The van der Waals surface area contributed by atoms with Crippen molar-refractivity contribution >= 4 is 27.9 Å². The number of hydrogen-bond donors (Lipinski definition) is 2. The van der Waals surface area contributed by atoms with Gasteiger partial charge in [0.2, 0.25) is 5.91 Å². The van der Waals surface area contributed by atoms with E-state index < -0.39 is 12.1 Å². The third-order valence-corrected chi connectivity index (χ3v) is 5.76. The Morgan fingerprint density at radius 3 is 2.66 bits per heavy atom. The molecule has 2 N–H and O–H groups in total. The number of piperidine rings is 1. The number of carbonyl (C=O) groups excluding carboxylic acids is 2. The molecule has 1 aromatic heterocycles. The lowest BCUT2D eigenvalue weighted by Gasteiger charge is -2.37. The van der Waals surface area contributed by atoms with Gasteiger partial charge in [0.1, 0.15) is 11.9 Å². The number of carbonyl (C=O) groups is 2. The summed E-state index contributed by atoms with van der Waals surface area (Å²) in [6.45, 7) is 4.47. The molecule has 29 heavy (non-hydrogen) atoms. The van der Waals surface area contributed by atoms with E-state index in [-0.39, 0.29) is 17.9 Å². The van der Waals surface area contributed by atoms with Gasteiger partial charge in [0.25, 0.3) is 0 Å². The maximum absolute atomic E-state index is 13.3. The van der Waals surface area contributed by atoms with Crippen LogP contribution in [0.5, 0.6) is 0 Å². The van der Waals surface area contributed by atoms with E-state index in [1.165, 1.54) is 7.11 Å². The molecule has 156 valence electrons. The summed E-state index contributed by atoms with van der Waals surface area (Å²) < 4.78 is 5.71. The summed E-state index contributed by atoms with van der Waals surface area (Å²) in [5, 5.41) is 2.68. The number of H-pyrrole nitrogens is 1. The molecule has 1 aliphatic heterocycles. The lowest BCUT2D eigenvalue weighted by molar-refractivity contribution is -0.138. The van der Waals surface area contributed by atoms with Gasteiger partial charge >= 0.3 is 6.09 Å². The summed E-state index contributed by atoms with van der Waals surface area (Å²) >= 11 is 3.45. The van der Waals surface area contributed by atoms with E-state index in [9.17, 15) is 9.59 Å². The first-order valence-electron chi connectivity index (χ1n) is 9.87. The summed E-state index contributed by atoms with van der Waals surface area (Å²) in [7, 11) is 1.30. The van der Waals surface area contributed by atoms with E-state index in [4.69, 9.17) is 9.72 Å². The number of imidazole rings is 1. The van der Waals surface area contributed by atoms with E-state index in [0.717, 1.165) is 40.8 Å². The van der Waals surface area contributed by atoms with Gasteiger partial charge in [-0.2, -0.15) is 0 Å². The van der Waals surface area contributed by atoms with E-state index in [1.807, 2.05) is 49.2 Å². The molecule has 0 radical (unpaired) electrons. The first-order valence-corrected chi connectivity index (χ1v) is 10.7. The average Bonchev–Trinajstić information content (AvgIpc) is 3.21. The summed E-state index contributed by atoms with van der Waals surface area (Å²) in [4.78, 5) is 34.9. The predicted octanol–water partition coefficient (Wildman–Crippen LogP) is 4.27. The molecule has 1 aliphatic rings. The Bertz CT molecular complexity index is 850. The number of halogens is 1. The third kappa shape index (κ3) is 4.98. The van der Waals surface area contributed by atoms with Crippen LogP contribution in [0.2, 0.25) is 0 Å². The van der Waals surface area contributed by atoms with Crippen molar-refractivity contribution in [1.29, 1.82) is 0 Å². The number of nitrogens with one attached hydrogen (secondary N) is 2. The lowest BCUT2D eigenvalue weighted by atomic mass is 9.97. The van der Waals surface area contributed by atoms with Gasteiger partial charge in [-0.1, -0.05) is 41.9 Å². The summed E-state index contributed by atoms with van der Waals surface area (Å²) in [6, 6.07) is 7.19. The number of alkyl carbamates (subject to hydrolysis) is 1. The quantitative estimate of drug-likeness (QED) is 0.693. The van der Waals surface area contributed by atoms with Gasteiger partial charge < -0.3 is 19.9 Å². The maximum Gasteiger partial charge on any atom is 0.407 e. The number of benzene rings is 1. The minimum absolute atomic E-state index is 0.0564. The number of amides is 2. The Morgan fingerprint density at radius 1 is 1.28 bits per heavy atom. The van der Waals surface area contributed by atoms with Crippen molar-refractivity contribution in [3.63, 3.8) is 0 Å². The van der Waals surface area contributed by atoms with E-state index in [2.05, 4.69) is 26.2 Å². The highest BCUT2D eigenvalue weighted by Crippen LogP contribution is 2.32. The fourth-order valence-corrected chi connectivity index (χ4v) is 3.90. The second-order valence-corrected chi connectivity index (χ2v) is 8.49. The highest BCUT2D eigenvalue weighted by molar-refractivity contribution is 9.10. The Labute approximate surface area is 179 Å². The number of rotatable bonds is 5. The first kappa shape index (κ1) is 21.4. The molecule has 7 nitrogen and oxygen atoms in total. The number of aromatic amines is 1. The van der Waals surface area contributed by atoms with Crippen LogP contribution in [0.25, 0.3) is 11.3 Å². The van der Waals surface area contributed by atoms with E-state index in [1.54, 1.807) is 0 Å². The largest absolute Gasteiger partial charge is 0.453 e. The van der Waals surface area contributed by atoms with E-state index in [0.29, 0.717) is 6.54 Å². The van der Waals surface area contributed by atoms with Crippen LogP contribution in [-0.4, -0.2) is 46.6 Å². The van der Waals surface area contributed by atoms with Gasteiger partial charge in [0.15, 0.2) is 0 Å². The number of ether oxygens (including phenoxy) is 1. The Hall–Kier alpha value is -2.35. The molecule has 0 aliphatic carbocycles. The van der Waals surface area contributed by atoms with Crippen LogP contribution in [0.3, 0.4) is 0 Å². The van der Waals surface area contributed by atoms with E-state index >= 15 is 0 Å². The van der Waals surface area contributed by atoms with Gasteiger partial charge in [0.05, 0.1) is 18.8 Å². The topological polar surface area (TPSA) is 87.3 Å². The Kier molecular flexibility index (Phi) is 6.95. The van der Waals surface area contributed by atoms with Crippen LogP contribution >= 0.6 is 15.9 Å². The predicted molar refractivity (Wildman–Crippen MR) is 114 cm³/mol. The molecule has 1 aromatic carbocycles. The third-order valence-electron chi connectivity index (χ3n) is 5.23. The molecule has 0 bridgehead atoms. The summed E-state index contributed by atoms with van der Waals surface area (Å²) in [5.41, 5.74) is 1.86. The van der Waals surface area contributed by atoms with Crippen molar-refractivity contribution < 1.29 is 14.3 Å². The van der Waals surface area contributed by atoms with Crippen LogP contribution in [0.1, 0.15) is 45.0 Å². The molecule has 1 saturated heterocycles. The van der Waals surface area contributed by atoms with Crippen molar-refractivity contribution in [3.05, 3.63) is 40.8 Å². The zero-order chi connectivity index (χ0) is 21.0. The second kappa shape index (κ2) is 9.43. The SMILES string of the molecule is COC(=O)NC(C(=O)N1CCCCC1c1nc(-c2ccc(Br)cc2)c[nH]1)C(C)C. The molecule has 2 amide bonds. The van der Waals surface area contributed by atoms with Gasteiger partial charge in [-0.3, -0.25) is 4.79 Å². The van der Waals surface area contributed by atoms with Crippen LogP contribution < -0.4 is 5.32 Å². The lowest BCUT2D eigenvalue weighted by Crippen LogP contribution is -2.53. The highest BCUT2D eigenvalue weighted by atomic mass is 79.9. The number of likely N-dealkylation sites (tertiary alicyclic amines) is 1. The molecule has 2 heterocycles. The molecule has 1 fully saturated rings. The minimum Gasteiger partial charge on any atom is -0.453 e. The smallest absolute Gasteiger partial charge is 0.407 e. The molecule has 2 unspecified atom stereocenters. The number of methoxy groups -OCH3 is 1. The van der Waals surface area contributed by atoms with Crippen molar-refractivity contribution in [2.45, 2.75) is 45.2 Å².